The number of nitrogens with zero attached hydrogens (tertiary/aromatic N) is 1. The normalized spacial score (nSPS) is 21.2. The van der Waals surface area contributed by atoms with E-state index in [1.165, 1.54) is 11.0 Å². The fourth-order valence-electron chi connectivity index (χ4n) is 3.29. The Morgan fingerprint density at radius 3 is 2.46 bits per heavy atom. The van der Waals surface area contributed by atoms with Crippen molar-refractivity contribution >= 4 is 23.9 Å². The fraction of sp³-hybridized carbons (Fsp3) is 0.450. The zero-order valence-electron chi connectivity index (χ0n) is 15.2. The molecule has 2 fully saturated rings. The summed E-state index contributed by atoms with van der Waals surface area (Å²) in [5.41, 5.74) is 0.702. The van der Waals surface area contributed by atoms with Crippen LogP contribution < -0.4 is 10.1 Å². The molecule has 1 saturated heterocycles. The minimum atomic E-state index is -0.644. The quantitative estimate of drug-likeness (QED) is 0.649. The lowest BCUT2D eigenvalue weighted by Crippen LogP contribution is -2.57. The average molecular weight is 356 g/mol. The van der Waals surface area contributed by atoms with Crippen LogP contribution in [0.15, 0.2) is 29.8 Å². The summed E-state index contributed by atoms with van der Waals surface area (Å²) in [6, 6.07) is 6.47. The number of imide groups is 2. The third-order valence-corrected chi connectivity index (χ3v) is 4.93. The average Bonchev–Trinajstić information content (AvgIpc) is 3.14. The largest absolute Gasteiger partial charge is 0.491 e. The van der Waals surface area contributed by atoms with Crippen molar-refractivity contribution in [2.45, 2.75) is 58.1 Å². The predicted molar refractivity (Wildman–Crippen MR) is 97.4 cm³/mol. The van der Waals surface area contributed by atoms with Gasteiger partial charge in [0.25, 0.3) is 11.8 Å². The van der Waals surface area contributed by atoms with Gasteiger partial charge in [-0.15, -0.1) is 0 Å². The Bertz CT molecular complexity index is 733. The summed E-state index contributed by atoms with van der Waals surface area (Å²) in [4.78, 5) is 38.2. The van der Waals surface area contributed by atoms with Gasteiger partial charge in [-0.1, -0.05) is 31.9 Å². The number of carbonyl (C=O) groups is 3. The second-order valence-corrected chi connectivity index (χ2v) is 6.84. The molecule has 6 nitrogen and oxygen atoms in total. The lowest BCUT2D eigenvalue weighted by Gasteiger charge is -2.31. The number of nitrogens with one attached hydrogen (secondary N) is 1. The standard InChI is InChI=1S/C20H24N2O4/c1-3-13(2)26-16-10-8-14(9-11-16)12-17-18(23)21-20(25)22(19(17)24)15-6-4-5-7-15/h8-13,15H,3-7H2,1-2H3,(H,21,23,25)/b17-12+/t13-/m0/s1. The van der Waals surface area contributed by atoms with Gasteiger partial charge in [-0.05, 0) is 50.0 Å². The Balaban J connectivity index is 1.80. The van der Waals surface area contributed by atoms with E-state index in [1.807, 2.05) is 26.0 Å². The van der Waals surface area contributed by atoms with Crippen LogP contribution >= 0.6 is 0 Å². The number of amides is 4. The van der Waals surface area contributed by atoms with Crippen LogP contribution in [0.2, 0.25) is 0 Å². The van der Waals surface area contributed by atoms with Gasteiger partial charge in [0.15, 0.2) is 0 Å². The molecule has 1 atom stereocenters. The first-order valence-corrected chi connectivity index (χ1v) is 9.17. The highest BCUT2D eigenvalue weighted by Gasteiger charge is 2.40. The topological polar surface area (TPSA) is 75.7 Å². The number of benzene rings is 1. The van der Waals surface area contributed by atoms with Crippen molar-refractivity contribution < 1.29 is 19.1 Å². The third-order valence-electron chi connectivity index (χ3n) is 4.93. The maximum atomic E-state index is 12.7. The van der Waals surface area contributed by atoms with E-state index < -0.39 is 17.8 Å². The molecule has 0 aromatic heterocycles. The highest BCUT2D eigenvalue weighted by Crippen LogP contribution is 2.27. The molecule has 26 heavy (non-hydrogen) atoms. The second-order valence-electron chi connectivity index (χ2n) is 6.84. The van der Waals surface area contributed by atoms with Crippen molar-refractivity contribution in [1.29, 1.82) is 0 Å². The zero-order chi connectivity index (χ0) is 18.7. The van der Waals surface area contributed by atoms with Gasteiger partial charge in [0, 0.05) is 6.04 Å². The van der Waals surface area contributed by atoms with Crippen molar-refractivity contribution in [3.05, 3.63) is 35.4 Å². The summed E-state index contributed by atoms with van der Waals surface area (Å²) in [6.45, 7) is 4.05. The molecule has 1 heterocycles. The lowest BCUT2D eigenvalue weighted by molar-refractivity contribution is -0.131. The molecule has 4 amide bonds. The molecule has 0 bridgehead atoms. The zero-order valence-corrected chi connectivity index (χ0v) is 15.2. The molecule has 1 aromatic rings. The first-order chi connectivity index (χ1) is 12.5. The first kappa shape index (κ1) is 18.2. The molecular weight excluding hydrogens is 332 g/mol. The molecule has 1 aromatic carbocycles. The number of hydrogen-bond acceptors (Lipinski definition) is 4. The summed E-state index contributed by atoms with van der Waals surface area (Å²) in [7, 11) is 0. The molecule has 3 rings (SSSR count). The van der Waals surface area contributed by atoms with Crippen LogP contribution in [0.3, 0.4) is 0 Å². The molecule has 1 N–H and O–H groups in total. The Morgan fingerprint density at radius 2 is 1.85 bits per heavy atom. The molecule has 0 unspecified atom stereocenters. The van der Waals surface area contributed by atoms with Gasteiger partial charge in [-0.2, -0.15) is 0 Å². The van der Waals surface area contributed by atoms with E-state index in [-0.39, 0.29) is 17.7 Å². The summed E-state index contributed by atoms with van der Waals surface area (Å²) >= 11 is 0. The second kappa shape index (κ2) is 7.72. The van der Waals surface area contributed by atoms with Gasteiger partial charge in [0.1, 0.15) is 11.3 Å². The van der Waals surface area contributed by atoms with E-state index in [0.717, 1.165) is 37.9 Å². The van der Waals surface area contributed by atoms with E-state index >= 15 is 0 Å². The van der Waals surface area contributed by atoms with Gasteiger partial charge in [0.2, 0.25) is 0 Å². The van der Waals surface area contributed by atoms with Crippen LogP contribution in [0.4, 0.5) is 4.79 Å². The number of hydrogen-bond donors (Lipinski definition) is 1. The summed E-state index contributed by atoms with van der Waals surface area (Å²) in [5, 5.41) is 2.29. The molecular formula is C20H24N2O4. The lowest BCUT2D eigenvalue weighted by atomic mass is 10.1. The van der Waals surface area contributed by atoms with Crippen molar-refractivity contribution in [2.75, 3.05) is 0 Å². The summed E-state index contributed by atoms with van der Waals surface area (Å²) in [6.07, 6.45) is 6.13. The SMILES string of the molecule is CC[C@H](C)Oc1ccc(/C=C2\C(=O)NC(=O)N(C3CCCC3)C2=O)cc1. The molecule has 2 aliphatic rings. The molecule has 1 saturated carbocycles. The van der Waals surface area contributed by atoms with E-state index in [2.05, 4.69) is 5.32 Å². The van der Waals surface area contributed by atoms with Crippen LogP contribution in [0, 0.1) is 0 Å². The predicted octanol–water partition coefficient (Wildman–Crippen LogP) is 3.27. The molecule has 1 aliphatic heterocycles. The molecule has 138 valence electrons. The van der Waals surface area contributed by atoms with E-state index in [9.17, 15) is 14.4 Å². The van der Waals surface area contributed by atoms with Crippen molar-refractivity contribution in [3.63, 3.8) is 0 Å². The van der Waals surface area contributed by atoms with Gasteiger partial charge >= 0.3 is 6.03 Å². The Kier molecular flexibility index (Phi) is 5.40. The third kappa shape index (κ3) is 3.79. The Morgan fingerprint density at radius 1 is 1.19 bits per heavy atom. The van der Waals surface area contributed by atoms with E-state index in [4.69, 9.17) is 4.74 Å². The molecule has 0 spiro atoms. The number of urea groups is 1. The van der Waals surface area contributed by atoms with Gasteiger partial charge in [-0.25, -0.2) is 4.79 Å². The summed E-state index contributed by atoms with van der Waals surface area (Å²) < 4.78 is 5.73. The van der Waals surface area contributed by atoms with Crippen LogP contribution in [-0.2, 0) is 9.59 Å². The summed E-state index contributed by atoms with van der Waals surface area (Å²) in [5.74, 6) is -0.413. The fourth-order valence-corrected chi connectivity index (χ4v) is 3.29. The highest BCUT2D eigenvalue weighted by molar-refractivity contribution is 6.31. The molecule has 6 heteroatoms. The van der Waals surface area contributed by atoms with E-state index in [0.29, 0.717) is 5.56 Å². The van der Waals surface area contributed by atoms with Gasteiger partial charge in [-0.3, -0.25) is 19.8 Å². The maximum Gasteiger partial charge on any atom is 0.331 e. The van der Waals surface area contributed by atoms with Crippen LogP contribution in [-0.4, -0.2) is 34.9 Å². The molecule has 1 aliphatic carbocycles. The minimum Gasteiger partial charge on any atom is -0.491 e. The Hall–Kier alpha value is -2.63. The van der Waals surface area contributed by atoms with Crippen molar-refractivity contribution in [1.82, 2.24) is 10.2 Å². The number of barbiturate groups is 1. The van der Waals surface area contributed by atoms with Crippen LogP contribution in [0.1, 0.15) is 51.5 Å². The maximum absolute atomic E-state index is 12.7. The minimum absolute atomic E-state index is 0.00732. The first-order valence-electron chi connectivity index (χ1n) is 9.17. The van der Waals surface area contributed by atoms with Crippen molar-refractivity contribution in [2.24, 2.45) is 0 Å². The highest BCUT2D eigenvalue weighted by atomic mass is 16.5. The van der Waals surface area contributed by atoms with Crippen molar-refractivity contribution in [3.8, 4) is 5.75 Å². The Labute approximate surface area is 153 Å². The van der Waals surface area contributed by atoms with Crippen LogP contribution in [0.5, 0.6) is 5.75 Å². The number of carbonyl (C=O) groups excluding carboxylic acids is 3. The number of ether oxygens (including phenoxy) is 1. The smallest absolute Gasteiger partial charge is 0.331 e. The van der Waals surface area contributed by atoms with Crippen LogP contribution in [0.25, 0.3) is 6.08 Å². The van der Waals surface area contributed by atoms with Gasteiger partial charge in [0.05, 0.1) is 6.10 Å². The van der Waals surface area contributed by atoms with Gasteiger partial charge < -0.3 is 4.74 Å². The monoisotopic (exact) mass is 356 g/mol. The number of rotatable bonds is 5. The van der Waals surface area contributed by atoms with E-state index in [1.54, 1.807) is 12.1 Å². The molecule has 0 radical (unpaired) electrons.